The average Bonchev–Trinajstić information content (AvgIpc) is 2.98. The minimum absolute atomic E-state index is 0.0160. The van der Waals surface area contributed by atoms with Crippen LogP contribution in [-0.4, -0.2) is 44.6 Å². The number of para-hydroxylation sites is 2. The summed E-state index contributed by atoms with van der Waals surface area (Å²) in [7, 11) is 0. The molecule has 1 amide bonds. The monoisotopic (exact) mass is 350 g/mol. The Balaban J connectivity index is 1.42. The lowest BCUT2D eigenvalue weighted by atomic mass is 10.1. The van der Waals surface area contributed by atoms with Gasteiger partial charge in [-0.25, -0.2) is 9.97 Å². The van der Waals surface area contributed by atoms with Gasteiger partial charge in [0, 0.05) is 31.5 Å². The highest BCUT2D eigenvalue weighted by atomic mass is 16.2. The number of piperidine rings is 1. The van der Waals surface area contributed by atoms with Crippen LogP contribution in [0.15, 0.2) is 42.9 Å². The van der Waals surface area contributed by atoms with Crippen molar-refractivity contribution < 1.29 is 4.79 Å². The lowest BCUT2D eigenvalue weighted by molar-refractivity contribution is -0.122. The zero-order chi connectivity index (χ0) is 17.9. The molecular formula is C19H22N6O. The minimum atomic E-state index is 0.0160. The molecule has 3 aromatic rings. The molecule has 1 aliphatic heterocycles. The SMILES string of the molecule is Cc1nc2ccccc2n1CC(=O)N[C@@H]1CCCN(c2cnccn2)C1. The molecule has 1 atom stereocenters. The van der Waals surface area contributed by atoms with Gasteiger partial charge in [0.15, 0.2) is 0 Å². The fourth-order valence-electron chi connectivity index (χ4n) is 3.57. The lowest BCUT2D eigenvalue weighted by Gasteiger charge is -2.33. The Kier molecular flexibility index (Phi) is 4.51. The maximum absolute atomic E-state index is 12.6. The number of benzene rings is 1. The first-order valence-electron chi connectivity index (χ1n) is 8.93. The number of fused-ring (bicyclic) bond motifs is 1. The fraction of sp³-hybridized carbons (Fsp3) is 0.368. The number of hydrogen-bond acceptors (Lipinski definition) is 5. The van der Waals surface area contributed by atoms with Gasteiger partial charge in [-0.3, -0.25) is 9.78 Å². The molecule has 134 valence electrons. The molecule has 1 saturated heterocycles. The van der Waals surface area contributed by atoms with Gasteiger partial charge in [0.2, 0.25) is 5.91 Å². The molecule has 0 unspecified atom stereocenters. The lowest BCUT2D eigenvalue weighted by Crippen LogP contribution is -2.48. The molecule has 0 saturated carbocycles. The largest absolute Gasteiger partial charge is 0.353 e. The van der Waals surface area contributed by atoms with Crippen molar-refractivity contribution in [3.8, 4) is 0 Å². The molecule has 4 rings (SSSR count). The third-order valence-corrected chi connectivity index (χ3v) is 4.81. The topological polar surface area (TPSA) is 75.9 Å². The summed E-state index contributed by atoms with van der Waals surface area (Å²) in [6, 6.07) is 8.02. The van der Waals surface area contributed by atoms with Crippen LogP contribution in [0.3, 0.4) is 0 Å². The Morgan fingerprint density at radius 3 is 3.04 bits per heavy atom. The Labute approximate surface area is 152 Å². The second kappa shape index (κ2) is 7.11. The number of nitrogens with zero attached hydrogens (tertiary/aromatic N) is 5. The number of aryl methyl sites for hydroxylation is 1. The summed E-state index contributed by atoms with van der Waals surface area (Å²) in [6.45, 7) is 3.92. The molecule has 0 aliphatic carbocycles. The van der Waals surface area contributed by atoms with Crippen LogP contribution in [0.5, 0.6) is 0 Å². The van der Waals surface area contributed by atoms with Crippen LogP contribution in [0, 0.1) is 6.92 Å². The molecule has 3 heterocycles. The first kappa shape index (κ1) is 16.5. The van der Waals surface area contributed by atoms with Gasteiger partial charge in [0.25, 0.3) is 0 Å². The van der Waals surface area contributed by atoms with Crippen LogP contribution in [0.4, 0.5) is 5.82 Å². The van der Waals surface area contributed by atoms with E-state index in [1.807, 2.05) is 35.8 Å². The van der Waals surface area contributed by atoms with E-state index in [0.29, 0.717) is 0 Å². The van der Waals surface area contributed by atoms with E-state index in [9.17, 15) is 4.79 Å². The van der Waals surface area contributed by atoms with Crippen LogP contribution < -0.4 is 10.2 Å². The predicted octanol–water partition coefficient (Wildman–Crippen LogP) is 1.92. The van der Waals surface area contributed by atoms with Gasteiger partial charge >= 0.3 is 0 Å². The smallest absolute Gasteiger partial charge is 0.240 e. The normalized spacial score (nSPS) is 17.4. The molecule has 0 radical (unpaired) electrons. The Bertz CT molecular complexity index is 907. The highest BCUT2D eigenvalue weighted by molar-refractivity contribution is 5.81. The summed E-state index contributed by atoms with van der Waals surface area (Å²) < 4.78 is 1.97. The summed E-state index contributed by atoms with van der Waals surface area (Å²) in [5.41, 5.74) is 1.91. The van der Waals surface area contributed by atoms with Crippen molar-refractivity contribution in [3.63, 3.8) is 0 Å². The quantitative estimate of drug-likeness (QED) is 0.778. The van der Waals surface area contributed by atoms with Gasteiger partial charge in [0.1, 0.15) is 18.2 Å². The van der Waals surface area contributed by atoms with Gasteiger partial charge in [-0.05, 0) is 31.9 Å². The summed E-state index contributed by atoms with van der Waals surface area (Å²) in [6.07, 6.45) is 7.14. The van der Waals surface area contributed by atoms with Crippen molar-refractivity contribution in [2.45, 2.75) is 32.4 Å². The number of aromatic nitrogens is 4. The summed E-state index contributed by atoms with van der Waals surface area (Å²) in [4.78, 5) is 27.8. The minimum Gasteiger partial charge on any atom is -0.353 e. The molecule has 1 aliphatic rings. The zero-order valence-electron chi connectivity index (χ0n) is 14.8. The van der Waals surface area contributed by atoms with Crippen LogP contribution in [0.1, 0.15) is 18.7 Å². The van der Waals surface area contributed by atoms with Crippen molar-refractivity contribution in [3.05, 3.63) is 48.7 Å². The van der Waals surface area contributed by atoms with Crippen LogP contribution in [0.2, 0.25) is 0 Å². The molecule has 7 heteroatoms. The Morgan fingerprint density at radius 2 is 2.19 bits per heavy atom. The molecule has 0 bridgehead atoms. The van der Waals surface area contributed by atoms with Crippen LogP contribution in [-0.2, 0) is 11.3 Å². The standard InChI is InChI=1S/C19H22N6O/c1-14-22-16-6-2-3-7-17(16)25(14)13-19(26)23-15-5-4-10-24(12-15)18-11-20-8-9-21-18/h2-3,6-9,11,15H,4-5,10,12-13H2,1H3,(H,23,26)/t15-/m1/s1. The number of imidazole rings is 1. The van der Waals surface area contributed by atoms with E-state index >= 15 is 0 Å². The highest BCUT2D eigenvalue weighted by Gasteiger charge is 2.23. The third kappa shape index (κ3) is 3.37. The summed E-state index contributed by atoms with van der Waals surface area (Å²) in [5, 5.41) is 3.17. The van der Waals surface area contributed by atoms with E-state index in [1.54, 1.807) is 18.6 Å². The highest BCUT2D eigenvalue weighted by Crippen LogP contribution is 2.17. The third-order valence-electron chi connectivity index (χ3n) is 4.81. The maximum atomic E-state index is 12.6. The van der Waals surface area contributed by atoms with E-state index < -0.39 is 0 Å². The Hall–Kier alpha value is -2.96. The number of carbonyl (C=O) groups is 1. The van der Waals surface area contributed by atoms with Crippen molar-refractivity contribution >= 4 is 22.8 Å². The molecule has 7 nitrogen and oxygen atoms in total. The molecule has 0 spiro atoms. The molecular weight excluding hydrogens is 328 g/mol. The van der Waals surface area contributed by atoms with Gasteiger partial charge in [-0.1, -0.05) is 12.1 Å². The average molecular weight is 350 g/mol. The predicted molar refractivity (Wildman–Crippen MR) is 99.9 cm³/mol. The van der Waals surface area contributed by atoms with Gasteiger partial charge < -0.3 is 14.8 Å². The first-order valence-corrected chi connectivity index (χ1v) is 8.93. The number of anilines is 1. The molecule has 1 fully saturated rings. The van der Waals surface area contributed by atoms with Gasteiger partial charge in [-0.15, -0.1) is 0 Å². The molecule has 26 heavy (non-hydrogen) atoms. The van der Waals surface area contributed by atoms with Crippen molar-refractivity contribution in [1.82, 2.24) is 24.8 Å². The van der Waals surface area contributed by atoms with Crippen LogP contribution in [0.25, 0.3) is 11.0 Å². The molecule has 2 aromatic heterocycles. The number of hydrogen-bond donors (Lipinski definition) is 1. The Morgan fingerprint density at radius 1 is 1.31 bits per heavy atom. The number of carbonyl (C=O) groups excluding carboxylic acids is 1. The fourth-order valence-corrected chi connectivity index (χ4v) is 3.57. The summed E-state index contributed by atoms with van der Waals surface area (Å²) in [5.74, 6) is 1.73. The van der Waals surface area contributed by atoms with Crippen LogP contribution >= 0.6 is 0 Å². The number of amides is 1. The van der Waals surface area contributed by atoms with E-state index in [1.165, 1.54) is 0 Å². The number of nitrogens with one attached hydrogen (secondary N) is 1. The second-order valence-electron chi connectivity index (χ2n) is 6.65. The van der Waals surface area contributed by atoms with Crippen molar-refractivity contribution in [2.24, 2.45) is 0 Å². The van der Waals surface area contributed by atoms with Gasteiger partial charge in [0.05, 0.1) is 17.2 Å². The first-order chi connectivity index (χ1) is 12.7. The summed E-state index contributed by atoms with van der Waals surface area (Å²) >= 11 is 0. The molecule has 1 N–H and O–H groups in total. The van der Waals surface area contributed by atoms with Crippen molar-refractivity contribution in [1.29, 1.82) is 0 Å². The van der Waals surface area contributed by atoms with Crippen molar-refractivity contribution in [2.75, 3.05) is 18.0 Å². The van der Waals surface area contributed by atoms with Gasteiger partial charge in [-0.2, -0.15) is 0 Å². The van der Waals surface area contributed by atoms with E-state index in [2.05, 4.69) is 25.2 Å². The second-order valence-corrected chi connectivity index (χ2v) is 6.65. The maximum Gasteiger partial charge on any atom is 0.240 e. The van der Waals surface area contributed by atoms with E-state index in [4.69, 9.17) is 0 Å². The molecule has 1 aromatic carbocycles. The van der Waals surface area contributed by atoms with E-state index in [-0.39, 0.29) is 18.5 Å². The number of rotatable bonds is 4. The zero-order valence-corrected chi connectivity index (χ0v) is 14.8. The van der Waals surface area contributed by atoms with E-state index in [0.717, 1.165) is 48.6 Å².